The number of carbonyl (C=O) groups is 1. The Morgan fingerprint density at radius 2 is 2.12 bits per heavy atom. The lowest BCUT2D eigenvalue weighted by atomic mass is 9.75. The van der Waals surface area contributed by atoms with Crippen LogP contribution in [0.3, 0.4) is 0 Å². The molecule has 0 aliphatic carbocycles. The van der Waals surface area contributed by atoms with E-state index in [0.717, 1.165) is 29.8 Å². The molecule has 0 radical (unpaired) electrons. The smallest absolute Gasteiger partial charge is 0.235 e. The molecule has 0 bridgehead atoms. The molecule has 2 aliphatic rings. The van der Waals surface area contributed by atoms with Gasteiger partial charge in [-0.05, 0) is 36.6 Å². The van der Waals surface area contributed by atoms with Crippen LogP contribution in [0.1, 0.15) is 18.4 Å². The SMILES string of the molecule is COc1ccc2c(c1)C1(CCOCC1)C(=O)N2. The fourth-order valence-corrected chi connectivity index (χ4v) is 2.74. The Kier molecular flexibility index (Phi) is 2.33. The first-order chi connectivity index (χ1) is 8.26. The van der Waals surface area contributed by atoms with Crippen molar-refractivity contribution in [1.29, 1.82) is 0 Å². The van der Waals surface area contributed by atoms with Crippen molar-refractivity contribution in [3.63, 3.8) is 0 Å². The van der Waals surface area contributed by atoms with Crippen LogP contribution in [0.4, 0.5) is 5.69 Å². The van der Waals surface area contributed by atoms with Crippen molar-refractivity contribution in [2.24, 2.45) is 0 Å². The lowest BCUT2D eigenvalue weighted by Crippen LogP contribution is -2.39. The molecule has 1 N–H and O–H groups in total. The van der Waals surface area contributed by atoms with E-state index in [4.69, 9.17) is 9.47 Å². The summed E-state index contributed by atoms with van der Waals surface area (Å²) in [5, 5.41) is 2.96. The van der Waals surface area contributed by atoms with Gasteiger partial charge in [-0.2, -0.15) is 0 Å². The van der Waals surface area contributed by atoms with Gasteiger partial charge in [-0.25, -0.2) is 0 Å². The number of benzene rings is 1. The number of rotatable bonds is 1. The van der Waals surface area contributed by atoms with E-state index in [-0.39, 0.29) is 5.91 Å². The van der Waals surface area contributed by atoms with Gasteiger partial charge in [0.2, 0.25) is 5.91 Å². The molecule has 0 aromatic heterocycles. The molecule has 1 fully saturated rings. The highest BCUT2D eigenvalue weighted by Gasteiger charge is 2.47. The molecule has 4 nitrogen and oxygen atoms in total. The number of carbonyl (C=O) groups excluding carboxylic acids is 1. The van der Waals surface area contributed by atoms with E-state index in [1.54, 1.807) is 7.11 Å². The fourth-order valence-electron chi connectivity index (χ4n) is 2.74. The molecule has 0 atom stereocenters. The van der Waals surface area contributed by atoms with Crippen LogP contribution in [0.25, 0.3) is 0 Å². The lowest BCUT2D eigenvalue weighted by molar-refractivity contribution is -0.124. The first kappa shape index (κ1) is 10.6. The van der Waals surface area contributed by atoms with E-state index in [9.17, 15) is 4.79 Å². The Morgan fingerprint density at radius 3 is 2.82 bits per heavy atom. The van der Waals surface area contributed by atoms with Crippen molar-refractivity contribution in [1.82, 2.24) is 0 Å². The van der Waals surface area contributed by atoms with E-state index in [1.165, 1.54) is 0 Å². The fraction of sp³-hybridized carbons (Fsp3) is 0.462. The molecular formula is C13H15NO3. The van der Waals surface area contributed by atoms with Crippen molar-refractivity contribution >= 4 is 11.6 Å². The highest BCUT2D eigenvalue weighted by molar-refractivity contribution is 6.06. The summed E-state index contributed by atoms with van der Waals surface area (Å²) in [6.45, 7) is 1.29. The van der Waals surface area contributed by atoms with E-state index >= 15 is 0 Å². The Morgan fingerprint density at radius 1 is 1.35 bits per heavy atom. The lowest BCUT2D eigenvalue weighted by Gasteiger charge is -2.31. The van der Waals surface area contributed by atoms with Crippen LogP contribution in [0.5, 0.6) is 5.75 Å². The Balaban J connectivity index is 2.10. The Hall–Kier alpha value is -1.55. The summed E-state index contributed by atoms with van der Waals surface area (Å²) in [6, 6.07) is 5.76. The molecule has 0 unspecified atom stereocenters. The van der Waals surface area contributed by atoms with Crippen molar-refractivity contribution in [3.8, 4) is 5.75 Å². The van der Waals surface area contributed by atoms with Gasteiger partial charge in [0.1, 0.15) is 5.75 Å². The number of amides is 1. The zero-order valence-corrected chi connectivity index (χ0v) is 9.79. The van der Waals surface area contributed by atoms with Crippen molar-refractivity contribution in [2.45, 2.75) is 18.3 Å². The summed E-state index contributed by atoms with van der Waals surface area (Å²) in [6.07, 6.45) is 1.50. The van der Waals surface area contributed by atoms with E-state index in [2.05, 4.69) is 5.32 Å². The highest BCUT2D eigenvalue weighted by atomic mass is 16.5. The van der Waals surface area contributed by atoms with Crippen LogP contribution in [0, 0.1) is 0 Å². The van der Waals surface area contributed by atoms with E-state index < -0.39 is 5.41 Å². The summed E-state index contributed by atoms with van der Waals surface area (Å²) < 4.78 is 10.6. The van der Waals surface area contributed by atoms with Crippen LogP contribution in [0.2, 0.25) is 0 Å². The summed E-state index contributed by atoms with van der Waals surface area (Å²) in [7, 11) is 1.64. The number of nitrogens with one attached hydrogen (secondary N) is 1. The summed E-state index contributed by atoms with van der Waals surface area (Å²) in [4.78, 5) is 12.2. The molecule has 1 amide bonds. The largest absolute Gasteiger partial charge is 0.497 e. The molecule has 2 aliphatic heterocycles. The first-order valence-electron chi connectivity index (χ1n) is 5.84. The third-order valence-corrected chi connectivity index (χ3v) is 3.77. The van der Waals surface area contributed by atoms with Gasteiger partial charge in [0.05, 0.1) is 12.5 Å². The second-order valence-corrected chi connectivity index (χ2v) is 4.56. The molecule has 1 saturated heterocycles. The third-order valence-electron chi connectivity index (χ3n) is 3.77. The highest BCUT2D eigenvalue weighted by Crippen LogP contribution is 2.45. The summed E-state index contributed by atoms with van der Waals surface area (Å²) >= 11 is 0. The maximum absolute atomic E-state index is 12.2. The van der Waals surface area contributed by atoms with E-state index in [1.807, 2.05) is 18.2 Å². The molecule has 2 heterocycles. The van der Waals surface area contributed by atoms with Gasteiger partial charge in [-0.15, -0.1) is 0 Å². The predicted octanol–water partition coefficient (Wildman–Crippen LogP) is 1.70. The van der Waals surface area contributed by atoms with Crippen molar-refractivity contribution in [2.75, 3.05) is 25.6 Å². The minimum Gasteiger partial charge on any atom is -0.497 e. The minimum absolute atomic E-state index is 0.101. The zero-order chi connectivity index (χ0) is 11.9. The quantitative estimate of drug-likeness (QED) is 0.803. The topological polar surface area (TPSA) is 47.6 Å². The van der Waals surface area contributed by atoms with Crippen molar-refractivity contribution < 1.29 is 14.3 Å². The number of methoxy groups -OCH3 is 1. The molecule has 90 valence electrons. The molecule has 1 aromatic carbocycles. The second-order valence-electron chi connectivity index (χ2n) is 4.56. The van der Waals surface area contributed by atoms with Gasteiger partial charge in [-0.3, -0.25) is 4.79 Å². The van der Waals surface area contributed by atoms with Gasteiger partial charge < -0.3 is 14.8 Å². The number of hydrogen-bond acceptors (Lipinski definition) is 3. The van der Waals surface area contributed by atoms with Crippen LogP contribution in [0.15, 0.2) is 18.2 Å². The van der Waals surface area contributed by atoms with Gasteiger partial charge in [-0.1, -0.05) is 0 Å². The number of hydrogen-bond donors (Lipinski definition) is 1. The molecule has 0 saturated carbocycles. The first-order valence-corrected chi connectivity index (χ1v) is 5.84. The Bertz CT molecular complexity index is 464. The van der Waals surface area contributed by atoms with Gasteiger partial charge >= 0.3 is 0 Å². The second kappa shape index (κ2) is 3.74. The maximum Gasteiger partial charge on any atom is 0.235 e. The molecule has 17 heavy (non-hydrogen) atoms. The molecule has 4 heteroatoms. The summed E-state index contributed by atoms with van der Waals surface area (Å²) in [5.74, 6) is 0.898. The molecule has 1 spiro atoms. The number of ether oxygens (including phenoxy) is 2. The average Bonchev–Trinajstić information content (AvgIpc) is 2.63. The van der Waals surface area contributed by atoms with Gasteiger partial charge in [0.15, 0.2) is 0 Å². The van der Waals surface area contributed by atoms with Crippen LogP contribution < -0.4 is 10.1 Å². The van der Waals surface area contributed by atoms with Gasteiger partial charge in [0, 0.05) is 18.9 Å². The predicted molar refractivity (Wildman–Crippen MR) is 63.4 cm³/mol. The minimum atomic E-state index is -0.401. The van der Waals surface area contributed by atoms with Crippen LogP contribution >= 0.6 is 0 Å². The monoisotopic (exact) mass is 233 g/mol. The van der Waals surface area contributed by atoms with Crippen molar-refractivity contribution in [3.05, 3.63) is 23.8 Å². The number of anilines is 1. The third kappa shape index (κ3) is 1.44. The zero-order valence-electron chi connectivity index (χ0n) is 9.79. The molecular weight excluding hydrogens is 218 g/mol. The van der Waals surface area contributed by atoms with E-state index in [0.29, 0.717) is 13.2 Å². The summed E-state index contributed by atoms with van der Waals surface area (Å²) in [5.41, 5.74) is 1.57. The number of fused-ring (bicyclic) bond motifs is 2. The molecule has 3 rings (SSSR count). The maximum atomic E-state index is 12.2. The average molecular weight is 233 g/mol. The Labute approximate surface area is 99.9 Å². The van der Waals surface area contributed by atoms with Gasteiger partial charge in [0.25, 0.3) is 0 Å². The normalized spacial score (nSPS) is 21.1. The standard InChI is InChI=1S/C13H15NO3/c1-16-9-2-3-11-10(8-9)13(12(15)14-11)4-6-17-7-5-13/h2-3,8H,4-7H2,1H3,(H,14,15). The van der Waals surface area contributed by atoms with Crippen LogP contribution in [-0.2, 0) is 14.9 Å². The van der Waals surface area contributed by atoms with Crippen LogP contribution in [-0.4, -0.2) is 26.2 Å². The molecule has 1 aromatic rings.